The van der Waals surface area contributed by atoms with Crippen molar-refractivity contribution < 1.29 is 9.53 Å². The Morgan fingerprint density at radius 1 is 1.03 bits per heavy atom. The zero-order valence-electron chi connectivity index (χ0n) is 18.0. The van der Waals surface area contributed by atoms with Gasteiger partial charge < -0.3 is 4.74 Å². The molecule has 4 aliphatic rings. The second kappa shape index (κ2) is 9.50. The zero-order chi connectivity index (χ0) is 20.9. The highest BCUT2D eigenvalue weighted by Gasteiger charge is 2.41. The first-order chi connectivity index (χ1) is 14.6. The van der Waals surface area contributed by atoms with Crippen molar-refractivity contribution in [1.82, 2.24) is 9.97 Å². The van der Waals surface area contributed by atoms with E-state index in [1.54, 1.807) is 69.3 Å². The molecule has 0 saturated heterocycles. The summed E-state index contributed by atoms with van der Waals surface area (Å²) in [6.07, 6.45) is 16.9. The molecule has 1 aromatic heterocycles. The molecule has 5 nitrogen and oxygen atoms in total. The molecule has 0 radical (unpaired) electrons. The maximum Gasteiger partial charge on any atom is 0.337 e. The SMILES string of the molecule is C1C2CC3CC1CC(C2)C3.CCc1ccc(C(=O)OC)cc1N=Cc1cncnc1. The Hall–Kier alpha value is -2.56. The number of hydrogen-bond acceptors (Lipinski definition) is 5. The fourth-order valence-electron chi connectivity index (χ4n) is 5.73. The highest BCUT2D eigenvalue weighted by Crippen LogP contribution is 2.53. The zero-order valence-corrected chi connectivity index (χ0v) is 18.0. The fourth-order valence-corrected chi connectivity index (χ4v) is 5.73. The van der Waals surface area contributed by atoms with E-state index in [9.17, 15) is 4.79 Å². The average molecular weight is 406 g/mol. The summed E-state index contributed by atoms with van der Waals surface area (Å²) in [5, 5.41) is 0. The summed E-state index contributed by atoms with van der Waals surface area (Å²) in [6.45, 7) is 2.04. The molecule has 0 spiro atoms. The summed E-state index contributed by atoms with van der Waals surface area (Å²) in [5.74, 6) is 4.34. The summed E-state index contributed by atoms with van der Waals surface area (Å²) >= 11 is 0. The number of ether oxygens (including phenoxy) is 1. The maximum absolute atomic E-state index is 11.5. The number of esters is 1. The molecule has 4 aliphatic carbocycles. The molecule has 1 heterocycles. The highest BCUT2D eigenvalue weighted by atomic mass is 16.5. The molecule has 0 N–H and O–H groups in total. The van der Waals surface area contributed by atoms with Gasteiger partial charge in [0.05, 0.1) is 18.4 Å². The van der Waals surface area contributed by atoms with Crippen molar-refractivity contribution >= 4 is 17.9 Å². The minimum atomic E-state index is -0.368. The number of methoxy groups -OCH3 is 1. The summed E-state index contributed by atoms with van der Waals surface area (Å²) in [7, 11) is 1.36. The van der Waals surface area contributed by atoms with Crippen LogP contribution in [-0.2, 0) is 11.2 Å². The van der Waals surface area contributed by atoms with Crippen LogP contribution in [-0.4, -0.2) is 29.3 Å². The average Bonchev–Trinajstić information content (AvgIpc) is 2.77. The lowest BCUT2D eigenvalue weighted by atomic mass is 9.56. The molecular formula is C25H31N3O2. The lowest BCUT2D eigenvalue weighted by Crippen LogP contribution is -2.38. The van der Waals surface area contributed by atoms with Crippen LogP contribution in [0.5, 0.6) is 0 Å². The summed E-state index contributed by atoms with van der Waals surface area (Å²) < 4.78 is 4.72. The fraction of sp³-hybridized carbons (Fsp3) is 0.520. The molecule has 4 fully saturated rings. The van der Waals surface area contributed by atoms with Crippen molar-refractivity contribution in [3.05, 3.63) is 53.6 Å². The molecule has 4 saturated carbocycles. The van der Waals surface area contributed by atoms with Crippen LogP contribution in [0.1, 0.15) is 66.9 Å². The van der Waals surface area contributed by atoms with E-state index in [1.165, 1.54) is 37.1 Å². The number of carbonyl (C=O) groups excluding carboxylic acids is 1. The van der Waals surface area contributed by atoms with Crippen LogP contribution in [0.15, 0.2) is 41.9 Å². The second-order valence-corrected chi connectivity index (χ2v) is 9.00. The minimum Gasteiger partial charge on any atom is -0.465 e. The number of hydrogen-bond donors (Lipinski definition) is 0. The van der Waals surface area contributed by atoms with Gasteiger partial charge in [-0.25, -0.2) is 14.8 Å². The minimum absolute atomic E-state index is 0.368. The van der Waals surface area contributed by atoms with Crippen LogP contribution in [0.25, 0.3) is 0 Å². The first kappa shape index (κ1) is 20.7. The van der Waals surface area contributed by atoms with Crippen molar-refractivity contribution in [3.63, 3.8) is 0 Å². The Morgan fingerprint density at radius 2 is 1.60 bits per heavy atom. The molecule has 0 unspecified atom stereocenters. The largest absolute Gasteiger partial charge is 0.465 e. The van der Waals surface area contributed by atoms with Crippen LogP contribution in [0.2, 0.25) is 0 Å². The van der Waals surface area contributed by atoms with E-state index in [2.05, 4.69) is 15.0 Å². The van der Waals surface area contributed by atoms with Gasteiger partial charge in [-0.1, -0.05) is 13.0 Å². The Kier molecular flexibility index (Phi) is 6.56. The maximum atomic E-state index is 11.5. The summed E-state index contributed by atoms with van der Waals surface area (Å²) in [4.78, 5) is 23.8. The van der Waals surface area contributed by atoms with Gasteiger partial charge >= 0.3 is 5.97 Å². The van der Waals surface area contributed by atoms with Crippen molar-refractivity contribution in [3.8, 4) is 0 Å². The van der Waals surface area contributed by atoms with Gasteiger partial charge in [0.25, 0.3) is 0 Å². The van der Waals surface area contributed by atoms with Gasteiger partial charge in [0, 0.05) is 24.2 Å². The van der Waals surface area contributed by atoms with E-state index in [1.807, 2.05) is 13.0 Å². The van der Waals surface area contributed by atoms with E-state index in [0.29, 0.717) is 5.56 Å². The van der Waals surface area contributed by atoms with Crippen molar-refractivity contribution in [2.24, 2.45) is 28.7 Å². The normalized spacial score (nSPS) is 26.3. The van der Waals surface area contributed by atoms with E-state index in [0.717, 1.165) is 23.2 Å². The monoisotopic (exact) mass is 405 g/mol. The summed E-state index contributed by atoms with van der Waals surface area (Å²) in [6, 6.07) is 5.36. The molecule has 0 amide bonds. The van der Waals surface area contributed by atoms with E-state index >= 15 is 0 Å². The van der Waals surface area contributed by atoms with Crippen LogP contribution in [0.3, 0.4) is 0 Å². The van der Waals surface area contributed by atoms with Crippen LogP contribution in [0, 0.1) is 23.7 Å². The van der Waals surface area contributed by atoms with Gasteiger partial charge in [-0.05, 0) is 86.3 Å². The van der Waals surface area contributed by atoms with Gasteiger partial charge in [0.15, 0.2) is 0 Å². The van der Waals surface area contributed by atoms with Gasteiger partial charge in [0.1, 0.15) is 6.33 Å². The number of nitrogens with zero attached hydrogens (tertiary/aromatic N) is 3. The Labute approximate surface area is 179 Å². The number of benzene rings is 1. The van der Waals surface area contributed by atoms with E-state index in [-0.39, 0.29) is 5.97 Å². The molecule has 4 bridgehead atoms. The van der Waals surface area contributed by atoms with E-state index < -0.39 is 0 Å². The van der Waals surface area contributed by atoms with Crippen LogP contribution < -0.4 is 0 Å². The first-order valence-electron chi connectivity index (χ1n) is 11.1. The van der Waals surface area contributed by atoms with Crippen LogP contribution >= 0.6 is 0 Å². The highest BCUT2D eigenvalue weighted by molar-refractivity contribution is 5.91. The van der Waals surface area contributed by atoms with E-state index in [4.69, 9.17) is 4.74 Å². The predicted molar refractivity (Wildman–Crippen MR) is 118 cm³/mol. The first-order valence-corrected chi connectivity index (χ1v) is 11.1. The van der Waals surface area contributed by atoms with Gasteiger partial charge in [-0.2, -0.15) is 0 Å². The van der Waals surface area contributed by atoms with Crippen molar-refractivity contribution in [2.75, 3.05) is 7.11 Å². The molecule has 0 aliphatic heterocycles. The predicted octanol–water partition coefficient (Wildman–Crippen LogP) is 5.41. The molecule has 2 aromatic rings. The third-order valence-electron chi connectivity index (χ3n) is 6.82. The quantitative estimate of drug-likeness (QED) is 0.504. The number of aromatic nitrogens is 2. The van der Waals surface area contributed by atoms with Gasteiger partial charge in [-0.3, -0.25) is 4.99 Å². The molecular weight excluding hydrogens is 374 g/mol. The molecule has 6 rings (SSSR count). The molecule has 30 heavy (non-hydrogen) atoms. The molecule has 0 atom stereocenters. The van der Waals surface area contributed by atoms with Crippen molar-refractivity contribution in [1.29, 1.82) is 0 Å². The molecule has 1 aromatic carbocycles. The third kappa shape index (κ3) is 4.94. The standard InChI is InChI=1S/C15H15N3O2.C10H16/c1-3-12-4-5-13(15(19)20-2)6-14(12)18-9-11-7-16-10-17-8-11;1-7-2-9-4-8(1)5-10(3-7)6-9/h4-10H,3H2,1-2H3;7-10H,1-6H2. The number of aryl methyl sites for hydroxylation is 1. The number of rotatable bonds is 4. The van der Waals surface area contributed by atoms with Crippen LogP contribution in [0.4, 0.5) is 5.69 Å². The van der Waals surface area contributed by atoms with Crippen molar-refractivity contribution in [2.45, 2.75) is 51.9 Å². The Morgan fingerprint density at radius 3 is 2.10 bits per heavy atom. The molecule has 5 heteroatoms. The summed E-state index contributed by atoms with van der Waals surface area (Å²) in [5.41, 5.74) is 3.10. The number of carbonyl (C=O) groups is 1. The lowest BCUT2D eigenvalue weighted by Gasteiger charge is -2.49. The smallest absolute Gasteiger partial charge is 0.337 e. The second-order valence-electron chi connectivity index (χ2n) is 9.00. The Balaban J connectivity index is 0.000000178. The lowest BCUT2D eigenvalue weighted by molar-refractivity contribution is 0.0198. The Bertz CT molecular complexity index is 838. The third-order valence-corrected chi connectivity index (χ3v) is 6.82. The van der Waals surface area contributed by atoms with Gasteiger partial charge in [0.2, 0.25) is 0 Å². The molecule has 158 valence electrons. The topological polar surface area (TPSA) is 64.4 Å². The number of aliphatic imine (C=N–C) groups is 1. The van der Waals surface area contributed by atoms with Gasteiger partial charge in [-0.15, -0.1) is 0 Å².